The van der Waals surface area contributed by atoms with Gasteiger partial charge in [-0.2, -0.15) is 0 Å². The van der Waals surface area contributed by atoms with Crippen LogP contribution in [0.5, 0.6) is 5.75 Å². The maximum Gasteiger partial charge on any atom is 0.306 e. The highest BCUT2D eigenvalue weighted by molar-refractivity contribution is 5.98. The Bertz CT molecular complexity index is 1130. The van der Waals surface area contributed by atoms with Crippen molar-refractivity contribution in [3.8, 4) is 5.75 Å². The monoisotopic (exact) mass is 575 g/mol. The molecule has 0 fully saturated rings. The van der Waals surface area contributed by atoms with Crippen LogP contribution < -0.4 is 16.8 Å². The SMILES string of the molecule is CCCCCC(=O)OC(CC(=O)[C@@H](N)Cc1ccc(O)cc1C)C(=O)[C@H](Cc1ccccc1)NC(=O)[C@H](C)N.Cl. The van der Waals surface area contributed by atoms with Crippen molar-refractivity contribution < 1.29 is 29.0 Å². The van der Waals surface area contributed by atoms with E-state index in [1.165, 1.54) is 13.0 Å². The first-order valence-corrected chi connectivity index (χ1v) is 13.4. The maximum atomic E-state index is 13.7. The summed E-state index contributed by atoms with van der Waals surface area (Å²) in [6.07, 6.45) is 0.919. The van der Waals surface area contributed by atoms with Crippen LogP contribution in [0.1, 0.15) is 62.6 Å². The number of halogens is 1. The van der Waals surface area contributed by atoms with Crippen LogP contribution in [-0.4, -0.2) is 52.8 Å². The van der Waals surface area contributed by atoms with Gasteiger partial charge in [0.2, 0.25) is 5.91 Å². The van der Waals surface area contributed by atoms with Crippen LogP contribution in [0.3, 0.4) is 0 Å². The van der Waals surface area contributed by atoms with Crippen LogP contribution in [0, 0.1) is 6.92 Å². The topological polar surface area (TPSA) is 162 Å². The van der Waals surface area contributed by atoms with Gasteiger partial charge in [-0.05, 0) is 61.9 Å². The molecule has 0 saturated carbocycles. The summed E-state index contributed by atoms with van der Waals surface area (Å²) in [7, 11) is 0. The Balaban J connectivity index is 0.00000800. The summed E-state index contributed by atoms with van der Waals surface area (Å²) in [4.78, 5) is 52.0. The number of esters is 1. The van der Waals surface area contributed by atoms with E-state index in [2.05, 4.69) is 5.32 Å². The number of carbonyl (C=O) groups excluding carboxylic acids is 4. The molecule has 1 amide bonds. The fourth-order valence-electron chi connectivity index (χ4n) is 4.13. The van der Waals surface area contributed by atoms with Crippen molar-refractivity contribution in [2.24, 2.45) is 11.5 Å². The van der Waals surface area contributed by atoms with Crippen molar-refractivity contribution in [1.82, 2.24) is 5.32 Å². The number of phenolic OH excluding ortho intramolecular Hbond substituents is 1. The molecule has 220 valence electrons. The Morgan fingerprint density at radius 1 is 1.00 bits per heavy atom. The zero-order valence-electron chi connectivity index (χ0n) is 23.4. The number of ether oxygens (including phenoxy) is 1. The maximum absolute atomic E-state index is 13.7. The molecule has 0 aliphatic carbocycles. The van der Waals surface area contributed by atoms with E-state index in [0.717, 1.165) is 29.5 Å². The Morgan fingerprint density at radius 3 is 2.27 bits per heavy atom. The molecular weight excluding hydrogens is 534 g/mol. The highest BCUT2D eigenvalue weighted by Gasteiger charge is 2.34. The summed E-state index contributed by atoms with van der Waals surface area (Å²) < 4.78 is 5.55. The van der Waals surface area contributed by atoms with E-state index in [4.69, 9.17) is 16.2 Å². The third kappa shape index (κ3) is 11.5. The molecule has 6 N–H and O–H groups in total. The average Bonchev–Trinajstić information content (AvgIpc) is 2.89. The van der Waals surface area contributed by atoms with E-state index in [0.29, 0.717) is 6.42 Å². The van der Waals surface area contributed by atoms with Gasteiger partial charge in [-0.1, -0.05) is 56.2 Å². The summed E-state index contributed by atoms with van der Waals surface area (Å²) in [5.74, 6) is -2.08. The molecule has 2 rings (SSSR count). The average molecular weight is 576 g/mol. The predicted octanol–water partition coefficient (Wildman–Crippen LogP) is 3.09. The number of aromatic hydroxyl groups is 1. The van der Waals surface area contributed by atoms with E-state index in [-0.39, 0.29) is 37.4 Å². The predicted molar refractivity (Wildman–Crippen MR) is 156 cm³/mol. The van der Waals surface area contributed by atoms with Crippen LogP contribution >= 0.6 is 12.4 Å². The largest absolute Gasteiger partial charge is 0.508 e. The van der Waals surface area contributed by atoms with Crippen LogP contribution in [0.15, 0.2) is 48.5 Å². The van der Waals surface area contributed by atoms with Gasteiger partial charge < -0.3 is 26.6 Å². The lowest BCUT2D eigenvalue weighted by Crippen LogP contribution is -2.52. The Morgan fingerprint density at radius 2 is 1.68 bits per heavy atom. The Hall–Kier alpha value is -3.27. The van der Waals surface area contributed by atoms with Gasteiger partial charge in [0, 0.05) is 6.42 Å². The molecular formula is C30H42ClN3O6. The molecule has 1 unspecified atom stereocenters. The first kappa shape index (κ1) is 34.8. The number of benzene rings is 2. The van der Waals surface area contributed by atoms with Gasteiger partial charge in [0.05, 0.1) is 24.5 Å². The number of carbonyl (C=O) groups is 4. The smallest absolute Gasteiger partial charge is 0.306 e. The van der Waals surface area contributed by atoms with Gasteiger partial charge in [0.25, 0.3) is 0 Å². The molecule has 40 heavy (non-hydrogen) atoms. The van der Waals surface area contributed by atoms with E-state index in [9.17, 15) is 24.3 Å². The number of Topliss-reactive ketones (excluding diaryl/α,β-unsaturated/α-hetero) is 2. The van der Waals surface area contributed by atoms with Gasteiger partial charge in [-0.15, -0.1) is 12.4 Å². The molecule has 0 bridgehead atoms. The van der Waals surface area contributed by atoms with Crippen LogP contribution in [0.2, 0.25) is 0 Å². The number of aryl methyl sites for hydroxylation is 1. The fourth-order valence-corrected chi connectivity index (χ4v) is 4.13. The van der Waals surface area contributed by atoms with E-state index < -0.39 is 54.1 Å². The molecule has 0 aliphatic rings. The minimum absolute atomic E-state index is 0. The molecule has 2 aromatic carbocycles. The van der Waals surface area contributed by atoms with E-state index >= 15 is 0 Å². The van der Waals surface area contributed by atoms with Gasteiger partial charge in [-0.3, -0.25) is 19.2 Å². The summed E-state index contributed by atoms with van der Waals surface area (Å²) >= 11 is 0. The van der Waals surface area contributed by atoms with Crippen molar-refractivity contribution in [1.29, 1.82) is 0 Å². The van der Waals surface area contributed by atoms with Crippen molar-refractivity contribution in [3.63, 3.8) is 0 Å². The van der Waals surface area contributed by atoms with Crippen LogP contribution in [-0.2, 0) is 36.8 Å². The van der Waals surface area contributed by atoms with Gasteiger partial charge in [-0.25, -0.2) is 0 Å². The second-order valence-corrected chi connectivity index (χ2v) is 9.97. The number of hydrogen-bond donors (Lipinski definition) is 4. The number of unbranched alkanes of at least 4 members (excludes halogenated alkanes) is 2. The highest BCUT2D eigenvalue weighted by atomic mass is 35.5. The molecule has 4 atom stereocenters. The van der Waals surface area contributed by atoms with E-state index in [1.54, 1.807) is 19.1 Å². The fraction of sp³-hybridized carbons (Fsp3) is 0.467. The lowest BCUT2D eigenvalue weighted by molar-refractivity contribution is -0.157. The van der Waals surface area contributed by atoms with Crippen molar-refractivity contribution in [3.05, 3.63) is 65.2 Å². The van der Waals surface area contributed by atoms with E-state index in [1.807, 2.05) is 37.3 Å². The number of nitrogens with two attached hydrogens (primary N) is 2. The van der Waals surface area contributed by atoms with Crippen LogP contribution in [0.4, 0.5) is 0 Å². The molecule has 0 spiro atoms. The Kier molecular flexibility index (Phi) is 15.1. The number of hydrogen-bond acceptors (Lipinski definition) is 8. The molecule has 0 heterocycles. The van der Waals surface area contributed by atoms with Gasteiger partial charge in [0.1, 0.15) is 5.75 Å². The summed E-state index contributed by atoms with van der Waals surface area (Å²) in [5, 5.41) is 12.3. The minimum Gasteiger partial charge on any atom is -0.508 e. The number of ketones is 2. The summed E-state index contributed by atoms with van der Waals surface area (Å²) in [6.45, 7) is 5.30. The second-order valence-electron chi connectivity index (χ2n) is 9.97. The molecule has 10 heteroatoms. The highest BCUT2D eigenvalue weighted by Crippen LogP contribution is 2.18. The third-order valence-corrected chi connectivity index (χ3v) is 6.50. The van der Waals surface area contributed by atoms with Gasteiger partial charge >= 0.3 is 5.97 Å². The zero-order valence-corrected chi connectivity index (χ0v) is 24.2. The second kappa shape index (κ2) is 17.4. The van der Waals surface area contributed by atoms with Gasteiger partial charge in [0.15, 0.2) is 17.7 Å². The Labute approximate surface area is 242 Å². The number of phenols is 1. The molecule has 9 nitrogen and oxygen atoms in total. The third-order valence-electron chi connectivity index (χ3n) is 6.50. The number of amides is 1. The lowest BCUT2D eigenvalue weighted by Gasteiger charge is -2.25. The quantitative estimate of drug-likeness (QED) is 0.175. The molecule has 0 radical (unpaired) electrons. The molecule has 2 aromatic rings. The van der Waals surface area contributed by atoms with Crippen LogP contribution in [0.25, 0.3) is 0 Å². The summed E-state index contributed by atoms with van der Waals surface area (Å²) in [6, 6.07) is 10.9. The first-order chi connectivity index (χ1) is 18.5. The minimum atomic E-state index is -1.42. The summed E-state index contributed by atoms with van der Waals surface area (Å²) in [5.41, 5.74) is 14.3. The number of rotatable bonds is 16. The number of nitrogens with one attached hydrogen (secondary N) is 1. The molecule has 0 aliphatic heterocycles. The van der Waals surface area contributed by atoms with Crippen molar-refractivity contribution in [2.75, 3.05) is 0 Å². The zero-order chi connectivity index (χ0) is 28.9. The molecule has 0 saturated heterocycles. The standard InChI is InChI=1S/C30H41N3O6.ClH/c1-4-5-7-12-28(36)39-27(18-26(35)24(32)17-22-13-14-23(34)15-19(22)2)29(37)25(33-30(38)20(3)31)16-21-10-8-6-9-11-21;/h6,8-11,13-15,20,24-25,27,34H,4-5,7,12,16-18,31-32H2,1-3H3,(H,33,38);1H/t20-,24-,25-,27?;/m0./s1. The first-order valence-electron chi connectivity index (χ1n) is 13.4. The molecule has 0 aromatic heterocycles. The van der Waals surface area contributed by atoms with Crippen molar-refractivity contribution >= 4 is 35.9 Å². The lowest BCUT2D eigenvalue weighted by atomic mass is 9.92. The van der Waals surface area contributed by atoms with Crippen molar-refractivity contribution in [2.45, 2.75) is 89.9 Å². The normalized spacial score (nSPS) is 13.7.